The Balaban J connectivity index is 3.48. The van der Waals surface area contributed by atoms with Crippen LogP contribution < -0.4 is 17.2 Å². The highest BCUT2D eigenvalue weighted by Gasteiger charge is 2.35. The number of nitrogens with zero attached hydrogens (tertiary/aromatic N) is 2. The SMILES string of the molecule is NC(N)=NC(N)=Nc1c(C(F)(F)F)ccc(Cl)c1Cl. The summed E-state index contributed by atoms with van der Waals surface area (Å²) >= 11 is 11.3. The first kappa shape index (κ1) is 15.4. The summed E-state index contributed by atoms with van der Waals surface area (Å²) in [5.41, 5.74) is 13.6. The zero-order valence-corrected chi connectivity index (χ0v) is 10.7. The van der Waals surface area contributed by atoms with Crippen LogP contribution in [0.2, 0.25) is 10.0 Å². The maximum Gasteiger partial charge on any atom is 0.418 e. The van der Waals surface area contributed by atoms with E-state index < -0.39 is 34.4 Å². The van der Waals surface area contributed by atoms with Crippen LogP contribution in [-0.4, -0.2) is 11.9 Å². The molecule has 0 spiro atoms. The van der Waals surface area contributed by atoms with Crippen molar-refractivity contribution < 1.29 is 13.2 Å². The van der Waals surface area contributed by atoms with Crippen LogP contribution in [0.25, 0.3) is 0 Å². The number of halogens is 5. The van der Waals surface area contributed by atoms with Crippen molar-refractivity contribution >= 4 is 40.8 Å². The summed E-state index contributed by atoms with van der Waals surface area (Å²) < 4.78 is 38.3. The molecule has 0 saturated heterocycles. The molecule has 0 fully saturated rings. The first-order valence-corrected chi connectivity index (χ1v) is 5.37. The molecule has 0 bridgehead atoms. The Labute approximate surface area is 115 Å². The molecule has 0 saturated carbocycles. The van der Waals surface area contributed by atoms with Crippen molar-refractivity contribution in [2.75, 3.05) is 0 Å². The lowest BCUT2D eigenvalue weighted by molar-refractivity contribution is -0.137. The van der Waals surface area contributed by atoms with Crippen molar-refractivity contribution in [3.63, 3.8) is 0 Å². The molecule has 1 rings (SSSR count). The smallest absolute Gasteiger partial charge is 0.370 e. The van der Waals surface area contributed by atoms with E-state index in [2.05, 4.69) is 9.98 Å². The van der Waals surface area contributed by atoms with E-state index >= 15 is 0 Å². The summed E-state index contributed by atoms with van der Waals surface area (Å²) in [7, 11) is 0. The highest BCUT2D eigenvalue weighted by Crippen LogP contribution is 2.43. The van der Waals surface area contributed by atoms with Gasteiger partial charge in [0.2, 0.25) is 5.96 Å². The normalized spacial score (nSPS) is 12.4. The third-order valence-electron chi connectivity index (χ3n) is 1.84. The second-order valence-electron chi connectivity index (χ2n) is 3.26. The summed E-state index contributed by atoms with van der Waals surface area (Å²) in [5, 5.41) is -0.504. The minimum Gasteiger partial charge on any atom is -0.370 e. The van der Waals surface area contributed by atoms with Crippen LogP contribution in [0, 0.1) is 0 Å². The fraction of sp³-hybridized carbons (Fsp3) is 0.111. The molecule has 0 aromatic heterocycles. The van der Waals surface area contributed by atoms with E-state index in [-0.39, 0.29) is 5.02 Å². The van der Waals surface area contributed by atoms with Crippen LogP contribution >= 0.6 is 23.2 Å². The van der Waals surface area contributed by atoms with E-state index in [0.29, 0.717) is 0 Å². The number of hydrogen-bond acceptors (Lipinski definition) is 1. The lowest BCUT2D eigenvalue weighted by atomic mass is 10.1. The van der Waals surface area contributed by atoms with Gasteiger partial charge in [0.05, 0.1) is 21.3 Å². The quantitative estimate of drug-likeness (QED) is 0.547. The van der Waals surface area contributed by atoms with E-state index in [0.717, 1.165) is 12.1 Å². The van der Waals surface area contributed by atoms with Crippen molar-refractivity contribution in [3.8, 4) is 0 Å². The monoisotopic (exact) mass is 313 g/mol. The van der Waals surface area contributed by atoms with Gasteiger partial charge in [0.15, 0.2) is 5.96 Å². The zero-order chi connectivity index (χ0) is 14.8. The Hall–Kier alpha value is -1.67. The zero-order valence-electron chi connectivity index (χ0n) is 9.17. The molecule has 0 aliphatic carbocycles. The minimum absolute atomic E-state index is 0.106. The van der Waals surface area contributed by atoms with E-state index in [1.165, 1.54) is 0 Å². The topological polar surface area (TPSA) is 103 Å². The van der Waals surface area contributed by atoms with E-state index in [1.54, 1.807) is 0 Å². The highest BCUT2D eigenvalue weighted by molar-refractivity contribution is 6.43. The number of alkyl halides is 3. The summed E-state index contributed by atoms with van der Waals surface area (Å²) in [4.78, 5) is 6.73. The molecular weight excluding hydrogens is 306 g/mol. The Bertz CT molecular complexity index is 550. The van der Waals surface area contributed by atoms with E-state index in [9.17, 15) is 13.2 Å². The van der Waals surface area contributed by atoms with Gasteiger partial charge in [-0.2, -0.15) is 18.2 Å². The van der Waals surface area contributed by atoms with Gasteiger partial charge in [0.1, 0.15) is 0 Å². The van der Waals surface area contributed by atoms with Gasteiger partial charge >= 0.3 is 6.18 Å². The molecule has 6 N–H and O–H groups in total. The predicted molar refractivity (Wildman–Crippen MR) is 68.6 cm³/mol. The van der Waals surface area contributed by atoms with E-state index in [1.807, 2.05) is 0 Å². The maximum atomic E-state index is 12.8. The van der Waals surface area contributed by atoms with Gasteiger partial charge in [-0.25, -0.2) is 4.99 Å². The summed E-state index contributed by atoms with van der Waals surface area (Å²) in [6, 6.07) is 1.73. The minimum atomic E-state index is -4.68. The van der Waals surface area contributed by atoms with Gasteiger partial charge in [0, 0.05) is 0 Å². The van der Waals surface area contributed by atoms with Crippen LogP contribution in [0.5, 0.6) is 0 Å². The third-order valence-corrected chi connectivity index (χ3v) is 2.64. The summed E-state index contributed by atoms with van der Waals surface area (Å²) in [6.07, 6.45) is -4.68. The molecule has 0 heterocycles. The van der Waals surface area contributed by atoms with Crippen LogP contribution in [0.15, 0.2) is 22.1 Å². The lowest BCUT2D eigenvalue weighted by Gasteiger charge is -2.12. The molecule has 0 atom stereocenters. The Kier molecular flexibility index (Phi) is 4.48. The molecule has 0 unspecified atom stereocenters. The molecule has 5 nitrogen and oxygen atoms in total. The first-order valence-electron chi connectivity index (χ1n) is 4.62. The Morgan fingerprint density at radius 1 is 1.11 bits per heavy atom. The molecule has 0 amide bonds. The summed E-state index contributed by atoms with van der Waals surface area (Å²) in [5.74, 6) is -1.03. The molecule has 0 aliphatic rings. The lowest BCUT2D eigenvalue weighted by Crippen LogP contribution is -2.26. The molecule has 0 radical (unpaired) electrons. The van der Waals surface area contributed by atoms with Gasteiger partial charge in [0.25, 0.3) is 0 Å². The molecule has 19 heavy (non-hydrogen) atoms. The number of guanidine groups is 2. The van der Waals surface area contributed by atoms with Gasteiger partial charge in [-0.05, 0) is 12.1 Å². The molecular formula is C9H8Cl2F3N5. The predicted octanol–water partition coefficient (Wildman–Crippen LogP) is 2.23. The molecule has 1 aromatic rings. The van der Waals surface area contributed by atoms with Gasteiger partial charge < -0.3 is 17.2 Å². The molecule has 1 aromatic carbocycles. The number of nitrogens with two attached hydrogens (primary N) is 3. The maximum absolute atomic E-state index is 12.8. The molecule has 104 valence electrons. The fourth-order valence-electron chi connectivity index (χ4n) is 1.15. The number of hydrogen-bond donors (Lipinski definition) is 3. The Morgan fingerprint density at radius 2 is 1.68 bits per heavy atom. The van der Waals surface area contributed by atoms with Crippen molar-refractivity contribution in [1.29, 1.82) is 0 Å². The third kappa shape index (κ3) is 3.90. The number of aliphatic imine (C=N–C) groups is 2. The van der Waals surface area contributed by atoms with Gasteiger partial charge in [-0.1, -0.05) is 23.2 Å². The summed E-state index contributed by atoms with van der Waals surface area (Å²) in [6.45, 7) is 0. The second kappa shape index (κ2) is 5.54. The standard InChI is InChI=1S/C9H8Cl2F3N5/c10-4-2-1-3(9(12,13)14)6(5(4)11)18-8(17)19-7(15)16/h1-2H,(H6,15,16,17,18,19). The highest BCUT2D eigenvalue weighted by atomic mass is 35.5. The fourth-order valence-corrected chi connectivity index (χ4v) is 1.51. The number of benzene rings is 1. The number of rotatable bonds is 1. The average molecular weight is 314 g/mol. The van der Waals surface area contributed by atoms with Gasteiger partial charge in [-0.15, -0.1) is 0 Å². The average Bonchev–Trinajstić information content (AvgIpc) is 2.22. The first-order chi connectivity index (χ1) is 8.62. The van der Waals surface area contributed by atoms with Crippen molar-refractivity contribution in [1.82, 2.24) is 0 Å². The molecule has 0 aliphatic heterocycles. The second-order valence-corrected chi connectivity index (χ2v) is 4.05. The van der Waals surface area contributed by atoms with Crippen molar-refractivity contribution in [2.45, 2.75) is 6.18 Å². The van der Waals surface area contributed by atoms with Crippen LogP contribution in [0.1, 0.15) is 5.56 Å². The Morgan fingerprint density at radius 3 is 2.16 bits per heavy atom. The van der Waals surface area contributed by atoms with Crippen molar-refractivity contribution in [3.05, 3.63) is 27.7 Å². The van der Waals surface area contributed by atoms with Crippen LogP contribution in [0.3, 0.4) is 0 Å². The van der Waals surface area contributed by atoms with E-state index in [4.69, 9.17) is 40.4 Å². The van der Waals surface area contributed by atoms with Crippen LogP contribution in [0.4, 0.5) is 18.9 Å². The van der Waals surface area contributed by atoms with Gasteiger partial charge in [-0.3, -0.25) is 0 Å². The largest absolute Gasteiger partial charge is 0.418 e. The van der Waals surface area contributed by atoms with Crippen molar-refractivity contribution in [2.24, 2.45) is 27.2 Å². The van der Waals surface area contributed by atoms with Crippen LogP contribution in [-0.2, 0) is 6.18 Å². The molecule has 10 heteroatoms.